The van der Waals surface area contributed by atoms with E-state index in [0.717, 1.165) is 38.7 Å². The maximum atomic E-state index is 5.17. The lowest BCUT2D eigenvalue weighted by atomic mass is 10.1. The maximum absolute atomic E-state index is 5.17. The van der Waals surface area contributed by atoms with Crippen LogP contribution in [0.1, 0.15) is 18.1 Å². The largest absolute Gasteiger partial charge is 0.380 e. The molecule has 0 radical (unpaired) electrons. The van der Waals surface area contributed by atoms with Crippen LogP contribution in [0.4, 0.5) is 5.00 Å². The molecule has 1 fully saturated rings. The second-order valence-corrected chi connectivity index (χ2v) is 7.27. The number of piperazine rings is 1. The number of nitrogens with one attached hydrogen (secondary N) is 1. The summed E-state index contributed by atoms with van der Waals surface area (Å²) in [7, 11) is 1.72. The predicted molar refractivity (Wildman–Crippen MR) is 110 cm³/mol. The Morgan fingerprint density at radius 3 is 2.46 bits per heavy atom. The van der Waals surface area contributed by atoms with Gasteiger partial charge in [0.15, 0.2) is 5.96 Å². The van der Waals surface area contributed by atoms with Crippen molar-refractivity contribution in [1.82, 2.24) is 10.2 Å². The molecule has 0 saturated carbocycles. The number of guanidine groups is 1. The van der Waals surface area contributed by atoms with Crippen molar-refractivity contribution in [2.75, 3.05) is 44.7 Å². The molecule has 0 atom stereocenters. The monoisotopic (exact) mass is 372 g/mol. The van der Waals surface area contributed by atoms with Crippen LogP contribution in [-0.4, -0.2) is 50.7 Å². The van der Waals surface area contributed by atoms with Crippen LogP contribution in [0.15, 0.2) is 46.8 Å². The Labute approximate surface area is 160 Å². The van der Waals surface area contributed by atoms with Gasteiger partial charge in [0.2, 0.25) is 0 Å². The standard InChI is InChI=1S/C20H28N4OS/c1-3-21-20(22-15-17-6-8-18(9-7-17)16-25-2)24-12-10-23(11-13-24)19-5-4-14-26-19/h4-9,14H,3,10-13,15-16H2,1-2H3,(H,21,22). The van der Waals surface area contributed by atoms with Crippen LogP contribution in [0.2, 0.25) is 0 Å². The SMILES string of the molecule is CCNC(=NCc1ccc(COC)cc1)N1CCN(c2cccs2)CC1. The van der Waals surface area contributed by atoms with E-state index in [9.17, 15) is 0 Å². The zero-order chi connectivity index (χ0) is 18.2. The molecule has 0 aliphatic carbocycles. The van der Waals surface area contributed by atoms with Crippen LogP contribution < -0.4 is 10.2 Å². The summed E-state index contributed by atoms with van der Waals surface area (Å²) >= 11 is 1.81. The summed E-state index contributed by atoms with van der Waals surface area (Å²) in [5, 5.41) is 6.95. The molecule has 3 rings (SSSR count). The van der Waals surface area contributed by atoms with Gasteiger partial charge in [0, 0.05) is 39.8 Å². The number of benzene rings is 1. The molecule has 26 heavy (non-hydrogen) atoms. The van der Waals surface area contributed by atoms with Gasteiger partial charge in [0.05, 0.1) is 18.2 Å². The minimum absolute atomic E-state index is 0.653. The number of ether oxygens (including phenoxy) is 1. The summed E-state index contributed by atoms with van der Waals surface area (Å²) in [6, 6.07) is 12.8. The van der Waals surface area contributed by atoms with E-state index in [1.807, 2.05) is 11.3 Å². The van der Waals surface area contributed by atoms with E-state index in [2.05, 4.69) is 63.8 Å². The summed E-state index contributed by atoms with van der Waals surface area (Å²) in [5.41, 5.74) is 2.41. The summed E-state index contributed by atoms with van der Waals surface area (Å²) < 4.78 is 5.17. The number of rotatable bonds is 6. The third-order valence-corrected chi connectivity index (χ3v) is 5.41. The van der Waals surface area contributed by atoms with E-state index < -0.39 is 0 Å². The lowest BCUT2D eigenvalue weighted by Crippen LogP contribution is -2.52. The number of hydrogen-bond donors (Lipinski definition) is 1. The molecule has 1 aliphatic rings. The molecule has 0 amide bonds. The van der Waals surface area contributed by atoms with Crippen molar-refractivity contribution in [3.05, 3.63) is 52.9 Å². The molecule has 0 spiro atoms. The van der Waals surface area contributed by atoms with E-state index in [4.69, 9.17) is 9.73 Å². The summed E-state index contributed by atoms with van der Waals surface area (Å²) in [5.74, 6) is 1.01. The first kappa shape index (κ1) is 18.7. The normalized spacial score (nSPS) is 15.4. The fraction of sp³-hybridized carbons (Fsp3) is 0.450. The highest BCUT2D eigenvalue weighted by atomic mass is 32.1. The van der Waals surface area contributed by atoms with Crippen molar-refractivity contribution in [2.45, 2.75) is 20.1 Å². The fourth-order valence-electron chi connectivity index (χ4n) is 3.09. The van der Waals surface area contributed by atoms with Gasteiger partial charge in [0.1, 0.15) is 0 Å². The number of anilines is 1. The van der Waals surface area contributed by atoms with Crippen molar-refractivity contribution in [3.63, 3.8) is 0 Å². The Morgan fingerprint density at radius 1 is 1.12 bits per heavy atom. The van der Waals surface area contributed by atoms with E-state index >= 15 is 0 Å². The van der Waals surface area contributed by atoms with Crippen molar-refractivity contribution in [2.24, 2.45) is 4.99 Å². The molecule has 0 bridgehead atoms. The third kappa shape index (κ3) is 4.99. The Morgan fingerprint density at radius 2 is 1.85 bits per heavy atom. The molecule has 0 unspecified atom stereocenters. The van der Waals surface area contributed by atoms with Crippen LogP contribution in [0, 0.1) is 0 Å². The lowest BCUT2D eigenvalue weighted by Gasteiger charge is -2.37. The first-order chi connectivity index (χ1) is 12.8. The topological polar surface area (TPSA) is 40.1 Å². The van der Waals surface area contributed by atoms with E-state index in [0.29, 0.717) is 13.2 Å². The van der Waals surface area contributed by atoms with Crippen LogP contribution in [-0.2, 0) is 17.9 Å². The highest BCUT2D eigenvalue weighted by molar-refractivity contribution is 7.14. The van der Waals surface area contributed by atoms with Gasteiger partial charge < -0.3 is 19.9 Å². The van der Waals surface area contributed by atoms with Crippen LogP contribution in [0.5, 0.6) is 0 Å². The van der Waals surface area contributed by atoms with Gasteiger partial charge in [-0.15, -0.1) is 11.3 Å². The Bertz CT molecular complexity index is 676. The lowest BCUT2D eigenvalue weighted by molar-refractivity contribution is 0.185. The van der Waals surface area contributed by atoms with Crippen LogP contribution in [0.25, 0.3) is 0 Å². The molecular formula is C20H28N4OS. The highest BCUT2D eigenvalue weighted by Gasteiger charge is 2.20. The van der Waals surface area contributed by atoms with Gasteiger partial charge in [-0.2, -0.15) is 0 Å². The highest BCUT2D eigenvalue weighted by Crippen LogP contribution is 2.22. The van der Waals surface area contributed by atoms with Crippen LogP contribution >= 0.6 is 11.3 Å². The molecular weight excluding hydrogens is 344 g/mol. The number of methoxy groups -OCH3 is 1. The Kier molecular flexibility index (Phi) is 6.91. The van der Waals surface area contributed by atoms with E-state index in [-0.39, 0.29) is 0 Å². The quantitative estimate of drug-likeness (QED) is 0.624. The van der Waals surface area contributed by atoms with E-state index in [1.165, 1.54) is 16.1 Å². The van der Waals surface area contributed by atoms with Crippen LogP contribution in [0.3, 0.4) is 0 Å². The minimum atomic E-state index is 0.653. The molecule has 1 saturated heterocycles. The number of hydrogen-bond acceptors (Lipinski definition) is 4. The third-order valence-electron chi connectivity index (χ3n) is 4.48. The smallest absolute Gasteiger partial charge is 0.194 e. The van der Waals surface area contributed by atoms with Gasteiger partial charge in [-0.25, -0.2) is 4.99 Å². The first-order valence-electron chi connectivity index (χ1n) is 9.18. The predicted octanol–water partition coefficient (Wildman–Crippen LogP) is 3.18. The summed E-state index contributed by atoms with van der Waals surface area (Å²) in [6.45, 7) is 8.43. The molecule has 1 aliphatic heterocycles. The van der Waals surface area contributed by atoms with Gasteiger partial charge >= 0.3 is 0 Å². The molecule has 6 heteroatoms. The van der Waals surface area contributed by atoms with Crippen molar-refractivity contribution in [1.29, 1.82) is 0 Å². The van der Waals surface area contributed by atoms with Gasteiger partial charge in [-0.1, -0.05) is 24.3 Å². The molecule has 2 aromatic rings. The molecule has 140 valence electrons. The second-order valence-electron chi connectivity index (χ2n) is 6.35. The molecule has 1 N–H and O–H groups in total. The van der Waals surface area contributed by atoms with Gasteiger partial charge in [0.25, 0.3) is 0 Å². The molecule has 1 aromatic carbocycles. The first-order valence-corrected chi connectivity index (χ1v) is 10.1. The summed E-state index contributed by atoms with van der Waals surface area (Å²) in [4.78, 5) is 9.68. The summed E-state index contributed by atoms with van der Waals surface area (Å²) in [6.07, 6.45) is 0. The fourth-order valence-corrected chi connectivity index (χ4v) is 3.87. The number of nitrogens with zero attached hydrogens (tertiary/aromatic N) is 3. The molecule has 5 nitrogen and oxygen atoms in total. The van der Waals surface area contributed by atoms with Crippen molar-refractivity contribution in [3.8, 4) is 0 Å². The van der Waals surface area contributed by atoms with Gasteiger partial charge in [-0.3, -0.25) is 0 Å². The zero-order valence-corrected chi connectivity index (χ0v) is 16.5. The molecule has 2 heterocycles. The Balaban J connectivity index is 1.58. The zero-order valence-electron chi connectivity index (χ0n) is 15.6. The minimum Gasteiger partial charge on any atom is -0.380 e. The second kappa shape index (κ2) is 9.59. The average Bonchev–Trinajstić information content (AvgIpc) is 3.21. The Hall–Kier alpha value is -2.05. The molecule has 1 aromatic heterocycles. The van der Waals surface area contributed by atoms with Crippen molar-refractivity contribution >= 4 is 22.3 Å². The maximum Gasteiger partial charge on any atom is 0.194 e. The number of thiophene rings is 1. The van der Waals surface area contributed by atoms with E-state index in [1.54, 1.807) is 7.11 Å². The number of aliphatic imine (C=N–C) groups is 1. The average molecular weight is 373 g/mol. The van der Waals surface area contributed by atoms with Crippen molar-refractivity contribution < 1.29 is 4.74 Å². The van der Waals surface area contributed by atoms with Gasteiger partial charge in [-0.05, 0) is 35.6 Å².